The minimum absolute atomic E-state index is 0.159. The van der Waals surface area contributed by atoms with Crippen molar-refractivity contribution in [3.63, 3.8) is 0 Å². The molecule has 0 unspecified atom stereocenters. The quantitative estimate of drug-likeness (QED) is 0.826. The molecule has 0 saturated carbocycles. The number of aryl methyl sites for hydroxylation is 1. The Balaban J connectivity index is 1.79. The number of aliphatic hydroxyl groups is 1. The largest absolute Gasteiger partial charge is 0.394 e. The van der Waals surface area contributed by atoms with Gasteiger partial charge in [-0.3, -0.25) is 4.79 Å². The van der Waals surface area contributed by atoms with Crippen LogP contribution in [0.2, 0.25) is 0 Å². The lowest BCUT2D eigenvalue weighted by atomic mass is 9.87. The Bertz CT molecular complexity index is 691. The van der Waals surface area contributed by atoms with Crippen LogP contribution in [-0.4, -0.2) is 34.5 Å². The van der Waals surface area contributed by atoms with Crippen LogP contribution in [0.1, 0.15) is 23.6 Å². The molecule has 1 aliphatic rings. The third-order valence-corrected chi connectivity index (χ3v) is 4.52. The van der Waals surface area contributed by atoms with Crippen LogP contribution in [0.4, 0.5) is 8.78 Å². The van der Waals surface area contributed by atoms with Crippen molar-refractivity contribution in [2.24, 2.45) is 0 Å². The zero-order valence-corrected chi connectivity index (χ0v) is 13.1. The smallest absolute Gasteiger partial charge is 0.344 e. The summed E-state index contributed by atoms with van der Waals surface area (Å²) in [7, 11) is 0. The van der Waals surface area contributed by atoms with E-state index in [-0.39, 0.29) is 13.0 Å². The summed E-state index contributed by atoms with van der Waals surface area (Å²) in [6.07, 6.45) is 0.615. The van der Waals surface area contributed by atoms with Gasteiger partial charge in [0, 0.05) is 0 Å². The standard InChI is InChI=1S/C19H19F2NO2/c20-19(21)17(12-11-14-7-3-1-4-8-14)22(18(19)24)16(13-23)15-9-5-2-6-10-15/h1-10,16-17,23H,11-13H2/t16-,17-/m0/s1. The molecule has 0 radical (unpaired) electrons. The van der Waals surface area contributed by atoms with E-state index >= 15 is 0 Å². The summed E-state index contributed by atoms with van der Waals surface area (Å²) in [6.45, 7) is -0.381. The third-order valence-electron chi connectivity index (χ3n) is 4.52. The first kappa shape index (κ1) is 16.6. The monoisotopic (exact) mass is 331 g/mol. The van der Waals surface area contributed by atoms with E-state index in [0.29, 0.717) is 12.0 Å². The van der Waals surface area contributed by atoms with Gasteiger partial charge in [0.1, 0.15) is 6.04 Å². The van der Waals surface area contributed by atoms with Crippen molar-refractivity contribution in [2.45, 2.75) is 30.8 Å². The van der Waals surface area contributed by atoms with Gasteiger partial charge in [-0.25, -0.2) is 0 Å². The summed E-state index contributed by atoms with van der Waals surface area (Å²) in [6, 6.07) is 16.2. The molecule has 0 bridgehead atoms. The predicted octanol–water partition coefficient (Wildman–Crippen LogP) is 3.20. The molecule has 1 N–H and O–H groups in total. The Labute approximate surface area is 139 Å². The minimum atomic E-state index is -3.36. The van der Waals surface area contributed by atoms with Crippen LogP contribution in [0.15, 0.2) is 60.7 Å². The Kier molecular flexibility index (Phi) is 4.62. The van der Waals surface area contributed by atoms with E-state index in [9.17, 15) is 18.7 Å². The van der Waals surface area contributed by atoms with Crippen molar-refractivity contribution in [3.8, 4) is 0 Å². The first-order valence-electron chi connectivity index (χ1n) is 7.96. The van der Waals surface area contributed by atoms with E-state index in [0.717, 1.165) is 10.5 Å². The maximum atomic E-state index is 14.1. The van der Waals surface area contributed by atoms with Gasteiger partial charge in [-0.15, -0.1) is 0 Å². The average Bonchev–Trinajstić information content (AvgIpc) is 2.62. The number of rotatable bonds is 6. The molecule has 2 aromatic carbocycles. The first-order chi connectivity index (χ1) is 11.6. The van der Waals surface area contributed by atoms with Crippen LogP contribution in [0.5, 0.6) is 0 Å². The van der Waals surface area contributed by atoms with Gasteiger partial charge in [0.2, 0.25) is 0 Å². The van der Waals surface area contributed by atoms with Crippen LogP contribution in [-0.2, 0) is 11.2 Å². The molecule has 5 heteroatoms. The molecule has 1 amide bonds. The van der Waals surface area contributed by atoms with E-state index in [1.165, 1.54) is 0 Å². The lowest BCUT2D eigenvalue weighted by molar-refractivity contribution is -0.214. The van der Waals surface area contributed by atoms with Gasteiger partial charge < -0.3 is 10.0 Å². The van der Waals surface area contributed by atoms with Crippen molar-refractivity contribution in [1.29, 1.82) is 0 Å². The van der Waals surface area contributed by atoms with E-state index in [4.69, 9.17) is 0 Å². The van der Waals surface area contributed by atoms with Gasteiger partial charge in [0.15, 0.2) is 0 Å². The fraction of sp³-hybridized carbons (Fsp3) is 0.316. The highest BCUT2D eigenvalue weighted by atomic mass is 19.3. The number of benzene rings is 2. The Hall–Kier alpha value is -2.27. The number of carbonyl (C=O) groups is 1. The van der Waals surface area contributed by atoms with Crippen molar-refractivity contribution in [1.82, 2.24) is 4.90 Å². The highest BCUT2D eigenvalue weighted by molar-refractivity contribution is 5.91. The molecule has 0 spiro atoms. The third kappa shape index (κ3) is 2.91. The molecule has 1 saturated heterocycles. The number of amides is 1. The summed E-state index contributed by atoms with van der Waals surface area (Å²) >= 11 is 0. The molecule has 3 rings (SSSR count). The number of likely N-dealkylation sites (tertiary alicyclic amines) is 1. The number of aliphatic hydroxyl groups excluding tert-OH is 1. The Morgan fingerprint density at radius 2 is 1.62 bits per heavy atom. The fourth-order valence-corrected chi connectivity index (χ4v) is 3.22. The molecule has 1 heterocycles. The number of halogens is 2. The van der Waals surface area contributed by atoms with Crippen molar-refractivity contribution in [3.05, 3.63) is 71.8 Å². The summed E-state index contributed by atoms with van der Waals surface area (Å²) in [5.74, 6) is -4.57. The molecule has 126 valence electrons. The number of hydrogen-bond acceptors (Lipinski definition) is 2. The number of nitrogens with zero attached hydrogens (tertiary/aromatic N) is 1. The lowest BCUT2D eigenvalue weighted by Gasteiger charge is -2.50. The van der Waals surface area contributed by atoms with Gasteiger partial charge in [0.25, 0.3) is 5.91 Å². The number of β-lactam (4-membered cyclic amide) rings is 1. The van der Waals surface area contributed by atoms with Crippen LogP contribution in [0.25, 0.3) is 0 Å². The van der Waals surface area contributed by atoms with Gasteiger partial charge in [-0.05, 0) is 24.0 Å². The molecular weight excluding hydrogens is 312 g/mol. The van der Waals surface area contributed by atoms with Crippen molar-refractivity contribution in [2.75, 3.05) is 6.61 Å². The van der Waals surface area contributed by atoms with E-state index < -0.39 is 23.9 Å². The summed E-state index contributed by atoms with van der Waals surface area (Å²) in [5.41, 5.74) is 1.61. The van der Waals surface area contributed by atoms with Gasteiger partial charge >= 0.3 is 5.92 Å². The van der Waals surface area contributed by atoms with Gasteiger partial charge in [0.05, 0.1) is 12.6 Å². The molecule has 2 atom stereocenters. The van der Waals surface area contributed by atoms with Crippen molar-refractivity contribution < 1.29 is 18.7 Å². The topological polar surface area (TPSA) is 40.5 Å². The van der Waals surface area contributed by atoms with Crippen LogP contribution in [0.3, 0.4) is 0 Å². The second kappa shape index (κ2) is 6.69. The lowest BCUT2D eigenvalue weighted by Crippen LogP contribution is -2.70. The van der Waals surface area contributed by atoms with Crippen LogP contribution < -0.4 is 0 Å². The Morgan fingerprint density at radius 3 is 2.21 bits per heavy atom. The average molecular weight is 331 g/mol. The molecule has 1 aliphatic heterocycles. The molecule has 2 aromatic rings. The number of hydrogen-bond donors (Lipinski definition) is 1. The first-order valence-corrected chi connectivity index (χ1v) is 7.96. The highest BCUT2D eigenvalue weighted by Gasteiger charge is 2.64. The normalized spacial score (nSPS) is 20.5. The summed E-state index contributed by atoms with van der Waals surface area (Å²) < 4.78 is 28.2. The Morgan fingerprint density at radius 1 is 1.04 bits per heavy atom. The molecule has 1 fully saturated rings. The fourth-order valence-electron chi connectivity index (χ4n) is 3.22. The second-order valence-corrected chi connectivity index (χ2v) is 5.98. The van der Waals surface area contributed by atoms with E-state index in [2.05, 4.69) is 0 Å². The minimum Gasteiger partial charge on any atom is -0.394 e. The highest BCUT2D eigenvalue weighted by Crippen LogP contribution is 2.44. The molecule has 24 heavy (non-hydrogen) atoms. The van der Waals surface area contributed by atoms with E-state index in [1.54, 1.807) is 30.3 Å². The molecule has 0 aromatic heterocycles. The van der Waals surface area contributed by atoms with E-state index in [1.807, 2.05) is 30.3 Å². The molecule has 0 aliphatic carbocycles. The summed E-state index contributed by atoms with van der Waals surface area (Å²) in [4.78, 5) is 13.1. The van der Waals surface area contributed by atoms with Crippen LogP contribution >= 0.6 is 0 Å². The van der Waals surface area contributed by atoms with Gasteiger partial charge in [-0.1, -0.05) is 60.7 Å². The predicted molar refractivity (Wildman–Crippen MR) is 86.6 cm³/mol. The zero-order valence-electron chi connectivity index (χ0n) is 13.1. The van der Waals surface area contributed by atoms with Crippen LogP contribution in [0, 0.1) is 0 Å². The van der Waals surface area contributed by atoms with Gasteiger partial charge in [-0.2, -0.15) is 8.78 Å². The maximum absolute atomic E-state index is 14.1. The SMILES string of the molecule is O=C1N([C@@H](CO)c2ccccc2)[C@@H](CCc2ccccc2)C1(F)F. The molecule has 3 nitrogen and oxygen atoms in total. The van der Waals surface area contributed by atoms with Crippen molar-refractivity contribution >= 4 is 5.91 Å². The number of alkyl halides is 2. The maximum Gasteiger partial charge on any atom is 0.344 e. The zero-order chi connectivity index (χ0) is 17.2. The molecular formula is C19H19F2NO2. The second-order valence-electron chi connectivity index (χ2n) is 5.98. The summed E-state index contributed by atoms with van der Waals surface area (Å²) in [5, 5.41) is 9.67. The number of carbonyl (C=O) groups excluding carboxylic acids is 1.